The third-order valence-corrected chi connectivity index (χ3v) is 4.32. The van der Waals surface area contributed by atoms with Gasteiger partial charge in [0.15, 0.2) is 0 Å². The fraction of sp³-hybridized carbons (Fsp3) is 0.625. The van der Waals surface area contributed by atoms with E-state index in [1.807, 2.05) is 6.92 Å². The highest BCUT2D eigenvalue weighted by atomic mass is 35.7. The molecule has 0 radical (unpaired) electrons. The lowest BCUT2D eigenvalue weighted by atomic mass is 10.5. The highest BCUT2D eigenvalue weighted by molar-refractivity contribution is 8.13. The summed E-state index contributed by atoms with van der Waals surface area (Å²) in [6, 6.07) is 0. The lowest BCUT2D eigenvalue weighted by Gasteiger charge is -1.96. The van der Waals surface area contributed by atoms with E-state index in [0.717, 1.165) is 24.1 Å². The summed E-state index contributed by atoms with van der Waals surface area (Å²) < 4.78 is 23.5. The van der Waals surface area contributed by atoms with Crippen molar-refractivity contribution in [1.82, 2.24) is 9.78 Å². The van der Waals surface area contributed by atoms with Gasteiger partial charge in [-0.05, 0) is 22.8 Å². The van der Waals surface area contributed by atoms with Gasteiger partial charge in [-0.15, -0.1) is 0 Å². The summed E-state index contributed by atoms with van der Waals surface area (Å²) in [6.45, 7) is 2.45. The standard InChI is InChI=1S/C8H12ClN3O4S2/c1-2-17-5-3-4-11-6-7(18(9,15)16)8(10-11)12(13)14/h6H,2-5H2,1H3. The first kappa shape index (κ1) is 15.3. The molecular weight excluding hydrogens is 302 g/mol. The van der Waals surface area contributed by atoms with E-state index in [9.17, 15) is 18.5 Å². The van der Waals surface area contributed by atoms with E-state index in [1.54, 1.807) is 11.8 Å². The Kier molecular flexibility index (Phi) is 5.42. The quantitative estimate of drug-likeness (QED) is 0.330. The molecule has 0 aliphatic carbocycles. The SMILES string of the molecule is CCSCCCn1cc(S(=O)(=O)Cl)c([N+](=O)[O-])n1. The van der Waals surface area contributed by atoms with E-state index in [4.69, 9.17) is 10.7 Å². The summed E-state index contributed by atoms with van der Waals surface area (Å²) in [4.78, 5) is 9.25. The number of hydrogen-bond acceptors (Lipinski definition) is 6. The van der Waals surface area contributed by atoms with Gasteiger partial charge >= 0.3 is 5.82 Å². The van der Waals surface area contributed by atoms with Crippen LogP contribution in [0.1, 0.15) is 13.3 Å². The summed E-state index contributed by atoms with van der Waals surface area (Å²) in [6.07, 6.45) is 1.84. The molecule has 1 heterocycles. The first-order valence-corrected chi connectivity index (χ1v) is 8.57. The first-order chi connectivity index (χ1) is 8.36. The van der Waals surface area contributed by atoms with Gasteiger partial charge in [0, 0.05) is 10.7 Å². The van der Waals surface area contributed by atoms with Crippen molar-refractivity contribution in [3.8, 4) is 0 Å². The Balaban J connectivity index is 2.87. The Hall–Kier alpha value is -0.800. The van der Waals surface area contributed by atoms with Crippen molar-refractivity contribution < 1.29 is 13.3 Å². The minimum absolute atomic E-state index is 0.417. The zero-order valence-corrected chi connectivity index (χ0v) is 12.0. The average molecular weight is 314 g/mol. The molecule has 0 aliphatic heterocycles. The Morgan fingerprint density at radius 1 is 1.61 bits per heavy atom. The molecule has 0 saturated heterocycles. The molecule has 0 N–H and O–H groups in total. The second-order valence-corrected chi connectivity index (χ2v) is 7.25. The van der Waals surface area contributed by atoms with Gasteiger partial charge in [-0.2, -0.15) is 16.4 Å². The van der Waals surface area contributed by atoms with Crippen LogP contribution in [0.15, 0.2) is 11.1 Å². The first-order valence-electron chi connectivity index (χ1n) is 5.10. The molecule has 1 rings (SSSR count). The summed E-state index contributed by atoms with van der Waals surface area (Å²) in [7, 11) is 0.964. The lowest BCUT2D eigenvalue weighted by molar-refractivity contribution is -0.392. The van der Waals surface area contributed by atoms with E-state index >= 15 is 0 Å². The predicted octanol–water partition coefficient (Wildman–Crippen LogP) is 1.86. The Morgan fingerprint density at radius 3 is 2.72 bits per heavy atom. The van der Waals surface area contributed by atoms with Gasteiger partial charge in [-0.3, -0.25) is 0 Å². The van der Waals surface area contributed by atoms with Crippen LogP contribution >= 0.6 is 22.4 Å². The maximum absolute atomic E-state index is 11.2. The molecule has 0 unspecified atom stereocenters. The van der Waals surface area contributed by atoms with Gasteiger partial charge in [0.25, 0.3) is 9.05 Å². The highest BCUT2D eigenvalue weighted by Crippen LogP contribution is 2.25. The topological polar surface area (TPSA) is 95.1 Å². The van der Waals surface area contributed by atoms with Crippen LogP contribution < -0.4 is 0 Å². The number of thioether (sulfide) groups is 1. The fourth-order valence-corrected chi connectivity index (χ4v) is 2.81. The maximum atomic E-state index is 11.2. The minimum Gasteiger partial charge on any atom is -0.358 e. The molecule has 10 heteroatoms. The number of hydrogen-bond donors (Lipinski definition) is 0. The van der Waals surface area contributed by atoms with E-state index in [0.29, 0.717) is 6.54 Å². The largest absolute Gasteiger partial charge is 0.410 e. The van der Waals surface area contributed by atoms with Crippen LogP contribution in [0.4, 0.5) is 5.82 Å². The Bertz CT molecular complexity index is 528. The second kappa shape index (κ2) is 6.39. The van der Waals surface area contributed by atoms with Crippen LogP contribution in [0.3, 0.4) is 0 Å². The monoisotopic (exact) mass is 313 g/mol. The fourth-order valence-electron chi connectivity index (χ4n) is 1.28. The van der Waals surface area contributed by atoms with E-state index < -0.39 is 24.7 Å². The second-order valence-electron chi connectivity index (χ2n) is 3.33. The Labute approximate surface area is 113 Å². The van der Waals surface area contributed by atoms with Crippen molar-refractivity contribution in [1.29, 1.82) is 0 Å². The zero-order valence-electron chi connectivity index (χ0n) is 9.57. The maximum Gasteiger partial charge on any atom is 0.410 e. The molecule has 0 spiro atoms. The van der Waals surface area contributed by atoms with Crippen molar-refractivity contribution in [2.24, 2.45) is 0 Å². The molecule has 0 atom stereocenters. The van der Waals surface area contributed by atoms with Gasteiger partial charge in [-0.25, -0.2) is 8.42 Å². The Morgan fingerprint density at radius 2 is 2.28 bits per heavy atom. The number of aromatic nitrogens is 2. The molecule has 1 aromatic rings. The van der Waals surface area contributed by atoms with Crippen molar-refractivity contribution in [3.05, 3.63) is 16.3 Å². The summed E-state index contributed by atoms with van der Waals surface area (Å²) in [5, 5.41) is 14.3. The van der Waals surface area contributed by atoms with Crippen LogP contribution in [0.5, 0.6) is 0 Å². The van der Waals surface area contributed by atoms with Crippen molar-refractivity contribution in [2.45, 2.75) is 24.8 Å². The summed E-state index contributed by atoms with van der Waals surface area (Å²) in [5.74, 6) is 1.14. The van der Waals surface area contributed by atoms with Crippen LogP contribution in [0, 0.1) is 10.1 Å². The normalized spacial score (nSPS) is 11.7. The number of halogens is 1. The molecule has 0 aliphatic rings. The van der Waals surface area contributed by atoms with Gasteiger partial charge in [-0.1, -0.05) is 6.92 Å². The smallest absolute Gasteiger partial charge is 0.358 e. The third kappa shape index (κ3) is 4.14. The number of nitrogens with zero attached hydrogens (tertiary/aromatic N) is 3. The summed E-state index contributed by atoms with van der Waals surface area (Å²) in [5.41, 5.74) is 0. The molecule has 0 amide bonds. The van der Waals surface area contributed by atoms with Crippen molar-refractivity contribution in [3.63, 3.8) is 0 Å². The molecule has 7 nitrogen and oxygen atoms in total. The molecular formula is C8H12ClN3O4S2. The number of rotatable bonds is 7. The average Bonchev–Trinajstić information content (AvgIpc) is 2.68. The van der Waals surface area contributed by atoms with Crippen LogP contribution in [-0.2, 0) is 15.6 Å². The molecule has 1 aromatic heterocycles. The molecule has 0 bridgehead atoms. The van der Waals surface area contributed by atoms with Crippen LogP contribution in [0.25, 0.3) is 0 Å². The van der Waals surface area contributed by atoms with E-state index in [2.05, 4.69) is 5.10 Å². The number of nitro groups is 1. The highest BCUT2D eigenvalue weighted by Gasteiger charge is 2.29. The summed E-state index contributed by atoms with van der Waals surface area (Å²) >= 11 is 1.73. The molecule has 0 saturated carbocycles. The number of aryl methyl sites for hydroxylation is 1. The third-order valence-electron chi connectivity index (χ3n) is 2.03. The van der Waals surface area contributed by atoms with E-state index in [-0.39, 0.29) is 0 Å². The predicted molar refractivity (Wildman–Crippen MR) is 69.5 cm³/mol. The lowest BCUT2D eigenvalue weighted by Crippen LogP contribution is -2.00. The zero-order chi connectivity index (χ0) is 13.8. The van der Waals surface area contributed by atoms with Gasteiger partial charge in [0.2, 0.25) is 4.90 Å². The van der Waals surface area contributed by atoms with Crippen molar-refractivity contribution >= 4 is 37.3 Å². The van der Waals surface area contributed by atoms with Gasteiger partial charge in [0.05, 0.1) is 17.8 Å². The molecule has 102 valence electrons. The molecule has 18 heavy (non-hydrogen) atoms. The van der Waals surface area contributed by atoms with Gasteiger partial charge in [0.1, 0.15) is 0 Å². The molecule has 0 fully saturated rings. The van der Waals surface area contributed by atoms with E-state index in [1.165, 1.54) is 4.68 Å². The van der Waals surface area contributed by atoms with Crippen LogP contribution in [0.2, 0.25) is 0 Å². The van der Waals surface area contributed by atoms with Crippen molar-refractivity contribution in [2.75, 3.05) is 11.5 Å². The van der Waals surface area contributed by atoms with Gasteiger partial charge < -0.3 is 10.1 Å². The molecule has 0 aromatic carbocycles. The minimum atomic E-state index is -4.15. The van der Waals surface area contributed by atoms with Crippen LogP contribution in [-0.4, -0.2) is 34.6 Å².